The highest BCUT2D eigenvalue weighted by atomic mass is 127. The van der Waals surface area contributed by atoms with E-state index >= 15 is 0 Å². The van der Waals surface area contributed by atoms with E-state index in [0.29, 0.717) is 5.54 Å². The van der Waals surface area contributed by atoms with Crippen LogP contribution in [0.4, 0.5) is 0 Å². The van der Waals surface area contributed by atoms with Gasteiger partial charge in [0, 0.05) is 9.46 Å². The summed E-state index contributed by atoms with van der Waals surface area (Å²) in [5, 5.41) is 3.53. The van der Waals surface area contributed by atoms with E-state index in [1.807, 2.05) is 0 Å². The van der Waals surface area contributed by atoms with Crippen molar-refractivity contribution in [2.24, 2.45) is 5.92 Å². The van der Waals surface area contributed by atoms with Gasteiger partial charge in [-0.25, -0.2) is 0 Å². The molecule has 12 heavy (non-hydrogen) atoms. The van der Waals surface area contributed by atoms with Crippen molar-refractivity contribution in [1.82, 2.24) is 5.32 Å². The summed E-state index contributed by atoms with van der Waals surface area (Å²) in [6.07, 6.45) is 5.25. The van der Waals surface area contributed by atoms with Gasteiger partial charge in [-0.3, -0.25) is 0 Å². The molecule has 0 radical (unpaired) electrons. The molecule has 2 heteroatoms. The van der Waals surface area contributed by atoms with Crippen molar-refractivity contribution in [3.05, 3.63) is 12.2 Å². The van der Waals surface area contributed by atoms with Gasteiger partial charge in [0.25, 0.3) is 0 Å². The number of hydrogen-bond donors (Lipinski definition) is 1. The zero-order valence-corrected chi connectivity index (χ0v) is 9.73. The minimum Gasteiger partial charge on any atom is -0.314 e. The Morgan fingerprint density at radius 2 is 2.42 bits per heavy atom. The van der Waals surface area contributed by atoms with Gasteiger partial charge in [0.05, 0.1) is 0 Å². The summed E-state index contributed by atoms with van der Waals surface area (Å²) in [7, 11) is 2.11. The van der Waals surface area contributed by atoms with Crippen LogP contribution in [-0.2, 0) is 0 Å². The second-order valence-electron chi connectivity index (χ2n) is 4.15. The number of fused-ring (bicyclic) bond motifs is 1. The SMILES string of the molecule is C=C1CCC2(NC)CC(I)CC12. The molecule has 2 aliphatic rings. The molecule has 2 aliphatic carbocycles. The molecule has 0 heterocycles. The average Bonchev–Trinajstić information content (AvgIpc) is 2.51. The lowest BCUT2D eigenvalue weighted by atomic mass is 9.89. The standard InChI is InChI=1S/C10H16IN/c1-7-3-4-10(12-2)6-8(11)5-9(7)10/h8-9,12H,1,3-6H2,2H3. The predicted octanol–water partition coefficient (Wildman–Crippen LogP) is 2.51. The second-order valence-corrected chi connectivity index (χ2v) is 5.92. The van der Waals surface area contributed by atoms with Crippen LogP contribution in [0.5, 0.6) is 0 Å². The van der Waals surface area contributed by atoms with Crippen molar-refractivity contribution in [2.45, 2.75) is 35.1 Å². The Morgan fingerprint density at radius 1 is 1.67 bits per heavy atom. The molecule has 1 nitrogen and oxygen atoms in total. The first-order chi connectivity index (χ1) is 5.68. The highest BCUT2D eigenvalue weighted by molar-refractivity contribution is 14.1. The van der Waals surface area contributed by atoms with E-state index in [1.54, 1.807) is 0 Å². The molecule has 2 saturated carbocycles. The van der Waals surface area contributed by atoms with Gasteiger partial charge in [0.2, 0.25) is 0 Å². The van der Waals surface area contributed by atoms with Gasteiger partial charge < -0.3 is 5.32 Å². The Bertz CT molecular complexity index is 214. The molecule has 2 rings (SSSR count). The Labute approximate surface area is 88.1 Å². The van der Waals surface area contributed by atoms with E-state index in [9.17, 15) is 0 Å². The van der Waals surface area contributed by atoms with Crippen molar-refractivity contribution >= 4 is 22.6 Å². The molecular formula is C10H16IN. The fourth-order valence-electron chi connectivity index (χ4n) is 2.90. The topological polar surface area (TPSA) is 12.0 Å². The summed E-state index contributed by atoms with van der Waals surface area (Å²) in [6.45, 7) is 4.18. The fraction of sp³-hybridized carbons (Fsp3) is 0.800. The molecule has 0 amide bonds. The lowest BCUT2D eigenvalue weighted by Crippen LogP contribution is -2.42. The third-order valence-electron chi connectivity index (χ3n) is 3.63. The Kier molecular flexibility index (Phi) is 2.24. The van der Waals surface area contributed by atoms with Crippen LogP contribution in [-0.4, -0.2) is 16.5 Å². The zero-order valence-electron chi connectivity index (χ0n) is 7.57. The van der Waals surface area contributed by atoms with Gasteiger partial charge in [-0.05, 0) is 38.6 Å². The molecule has 0 spiro atoms. The second kappa shape index (κ2) is 2.98. The minimum atomic E-state index is 0.433. The third kappa shape index (κ3) is 1.15. The van der Waals surface area contributed by atoms with E-state index in [2.05, 4.69) is 41.5 Å². The number of halogens is 1. The third-order valence-corrected chi connectivity index (χ3v) is 4.58. The first-order valence-corrected chi connectivity index (χ1v) is 5.93. The van der Waals surface area contributed by atoms with Crippen LogP contribution in [0.3, 0.4) is 0 Å². The number of alkyl halides is 1. The van der Waals surface area contributed by atoms with Gasteiger partial charge in [0.1, 0.15) is 0 Å². The van der Waals surface area contributed by atoms with E-state index in [4.69, 9.17) is 0 Å². The molecule has 0 aromatic carbocycles. The quantitative estimate of drug-likeness (QED) is 0.441. The molecule has 68 valence electrons. The van der Waals surface area contributed by atoms with Crippen LogP contribution >= 0.6 is 22.6 Å². The number of nitrogens with one attached hydrogen (secondary N) is 1. The average molecular weight is 277 g/mol. The first kappa shape index (κ1) is 9.00. The highest BCUT2D eigenvalue weighted by Gasteiger charge is 2.49. The summed E-state index contributed by atoms with van der Waals surface area (Å²) in [4.78, 5) is 0. The lowest BCUT2D eigenvalue weighted by Gasteiger charge is -2.28. The van der Waals surface area contributed by atoms with Crippen LogP contribution < -0.4 is 5.32 Å². The number of rotatable bonds is 1. The molecule has 3 atom stereocenters. The monoisotopic (exact) mass is 277 g/mol. The minimum absolute atomic E-state index is 0.433. The van der Waals surface area contributed by atoms with Gasteiger partial charge in [-0.15, -0.1) is 0 Å². The van der Waals surface area contributed by atoms with Crippen molar-refractivity contribution in [3.8, 4) is 0 Å². The maximum absolute atomic E-state index is 4.18. The normalized spacial score (nSPS) is 46.7. The van der Waals surface area contributed by atoms with Gasteiger partial charge in [0.15, 0.2) is 0 Å². The lowest BCUT2D eigenvalue weighted by molar-refractivity contribution is 0.321. The molecule has 0 aliphatic heterocycles. The largest absolute Gasteiger partial charge is 0.314 e. The smallest absolute Gasteiger partial charge is 0.0257 e. The number of hydrogen-bond acceptors (Lipinski definition) is 1. The zero-order chi connectivity index (χ0) is 8.77. The molecule has 2 fully saturated rings. The van der Waals surface area contributed by atoms with Crippen molar-refractivity contribution in [1.29, 1.82) is 0 Å². The Morgan fingerprint density at radius 3 is 3.00 bits per heavy atom. The molecule has 0 aromatic rings. The van der Waals surface area contributed by atoms with E-state index < -0.39 is 0 Å². The molecule has 0 bridgehead atoms. The Balaban J connectivity index is 2.25. The maximum Gasteiger partial charge on any atom is 0.0257 e. The fourth-order valence-corrected chi connectivity index (χ4v) is 4.19. The summed E-state index contributed by atoms with van der Waals surface area (Å²) >= 11 is 2.58. The van der Waals surface area contributed by atoms with Crippen LogP contribution in [0.1, 0.15) is 25.7 Å². The van der Waals surface area contributed by atoms with Gasteiger partial charge >= 0.3 is 0 Å². The summed E-state index contributed by atoms with van der Waals surface area (Å²) < 4.78 is 0.858. The van der Waals surface area contributed by atoms with E-state index in [1.165, 1.54) is 31.3 Å². The van der Waals surface area contributed by atoms with Crippen molar-refractivity contribution < 1.29 is 0 Å². The summed E-state index contributed by atoms with van der Waals surface area (Å²) in [6, 6.07) is 0. The highest BCUT2D eigenvalue weighted by Crippen LogP contribution is 2.51. The van der Waals surface area contributed by atoms with E-state index in [-0.39, 0.29) is 0 Å². The van der Waals surface area contributed by atoms with Crippen LogP contribution in [0.25, 0.3) is 0 Å². The predicted molar refractivity (Wildman–Crippen MR) is 60.7 cm³/mol. The molecule has 0 saturated heterocycles. The van der Waals surface area contributed by atoms with Crippen LogP contribution in [0.15, 0.2) is 12.2 Å². The molecule has 0 aromatic heterocycles. The molecule has 1 N–H and O–H groups in total. The Hall–Kier alpha value is 0.430. The maximum atomic E-state index is 4.18. The molecule has 3 unspecified atom stereocenters. The van der Waals surface area contributed by atoms with Gasteiger partial charge in [-0.1, -0.05) is 34.7 Å². The van der Waals surface area contributed by atoms with Crippen molar-refractivity contribution in [3.63, 3.8) is 0 Å². The summed E-state index contributed by atoms with van der Waals surface area (Å²) in [5.41, 5.74) is 1.92. The van der Waals surface area contributed by atoms with Gasteiger partial charge in [-0.2, -0.15) is 0 Å². The molecular weight excluding hydrogens is 261 g/mol. The summed E-state index contributed by atoms with van der Waals surface area (Å²) in [5.74, 6) is 0.768. The first-order valence-electron chi connectivity index (χ1n) is 4.68. The van der Waals surface area contributed by atoms with Crippen molar-refractivity contribution in [2.75, 3.05) is 7.05 Å². The van der Waals surface area contributed by atoms with Crippen LogP contribution in [0, 0.1) is 5.92 Å². The van der Waals surface area contributed by atoms with Crippen LogP contribution in [0.2, 0.25) is 0 Å². The van der Waals surface area contributed by atoms with E-state index in [0.717, 1.165) is 9.84 Å².